The molecule has 2 atom stereocenters. The Hall–Kier alpha value is -2.47. The lowest BCUT2D eigenvalue weighted by molar-refractivity contribution is -0.147. The minimum atomic E-state index is -0.889. The summed E-state index contributed by atoms with van der Waals surface area (Å²) in [6.45, 7) is 5.21. The number of rotatable bonds is 1. The molecule has 0 aliphatic carbocycles. The molecule has 6 nitrogen and oxygen atoms in total. The molecule has 4 rings (SSSR count). The van der Waals surface area contributed by atoms with Crippen LogP contribution in [0.25, 0.3) is 10.9 Å². The van der Waals surface area contributed by atoms with Gasteiger partial charge in [0, 0.05) is 30.7 Å². The van der Waals surface area contributed by atoms with Gasteiger partial charge in [0.2, 0.25) is 5.91 Å². The quantitative estimate of drug-likeness (QED) is 0.807. The van der Waals surface area contributed by atoms with Gasteiger partial charge < -0.3 is 15.3 Å². The molecule has 2 fully saturated rings. The van der Waals surface area contributed by atoms with E-state index in [1.165, 1.54) is 0 Å². The first-order chi connectivity index (χ1) is 12.9. The van der Waals surface area contributed by atoms with Crippen LogP contribution < -0.4 is 5.32 Å². The van der Waals surface area contributed by atoms with Gasteiger partial charge in [0.1, 0.15) is 0 Å². The number of amides is 2. The van der Waals surface area contributed by atoms with Crippen LogP contribution in [0.3, 0.4) is 0 Å². The maximum Gasteiger partial charge on any atom is 0.254 e. The highest BCUT2D eigenvalue weighted by atomic mass is 16.3. The molecule has 6 heteroatoms. The largest absolute Gasteiger partial charge is 0.392 e. The minimum Gasteiger partial charge on any atom is -0.392 e. The Labute approximate surface area is 158 Å². The van der Waals surface area contributed by atoms with E-state index in [2.05, 4.69) is 10.3 Å². The molecular formula is C21H25N3O3. The number of likely N-dealkylation sites (tertiary alicyclic amines) is 1. The number of aliphatic hydroxyl groups excluding tert-OH is 1. The topological polar surface area (TPSA) is 82.5 Å². The number of fused-ring (bicyclic) bond motifs is 1. The molecule has 142 valence electrons. The standard InChI is InChI=1S/C21H25N3O3/c1-13-4-5-17-15(10-13)16(11-14(2)23-17)19(26)24-9-6-18(25)21(12-24)7-3-8-22-20(21)27/h4-5,10-11,18,25H,3,6-9,12H2,1-2H3,(H,22,27)/t18-,21+/m0/s1. The number of nitrogens with zero attached hydrogens (tertiary/aromatic N) is 2. The van der Waals surface area contributed by atoms with Crippen molar-refractivity contribution in [1.29, 1.82) is 0 Å². The summed E-state index contributed by atoms with van der Waals surface area (Å²) in [6.07, 6.45) is 1.14. The summed E-state index contributed by atoms with van der Waals surface area (Å²) in [7, 11) is 0. The van der Waals surface area contributed by atoms with Gasteiger partial charge in [-0.05, 0) is 51.3 Å². The van der Waals surface area contributed by atoms with Crippen molar-refractivity contribution in [3.05, 3.63) is 41.1 Å². The molecule has 2 N–H and O–H groups in total. The van der Waals surface area contributed by atoms with Crippen LogP contribution in [0.15, 0.2) is 24.3 Å². The highest BCUT2D eigenvalue weighted by Gasteiger charge is 2.50. The molecule has 27 heavy (non-hydrogen) atoms. The Bertz CT molecular complexity index is 926. The zero-order valence-electron chi connectivity index (χ0n) is 15.8. The van der Waals surface area contributed by atoms with E-state index in [0.717, 1.165) is 28.6 Å². The lowest BCUT2D eigenvalue weighted by Gasteiger charge is -2.46. The molecule has 3 heterocycles. The number of nitrogens with one attached hydrogen (secondary N) is 1. The Kier molecular flexibility index (Phi) is 4.38. The van der Waals surface area contributed by atoms with Crippen LogP contribution in [0.4, 0.5) is 0 Å². The normalized spacial score (nSPS) is 25.7. The second-order valence-corrected chi connectivity index (χ2v) is 7.88. The number of carbonyl (C=O) groups is 2. The highest BCUT2D eigenvalue weighted by molar-refractivity contribution is 6.06. The maximum absolute atomic E-state index is 13.4. The fraction of sp³-hybridized carbons (Fsp3) is 0.476. The molecule has 2 saturated heterocycles. The number of aromatic nitrogens is 1. The summed E-state index contributed by atoms with van der Waals surface area (Å²) in [4.78, 5) is 32.2. The lowest BCUT2D eigenvalue weighted by Crippen LogP contribution is -2.62. The van der Waals surface area contributed by atoms with Crippen LogP contribution in [0.5, 0.6) is 0 Å². The summed E-state index contributed by atoms with van der Waals surface area (Å²) >= 11 is 0. The average molecular weight is 367 g/mol. The summed E-state index contributed by atoms with van der Waals surface area (Å²) in [5, 5.41) is 14.3. The minimum absolute atomic E-state index is 0.0965. The Balaban J connectivity index is 1.72. The van der Waals surface area contributed by atoms with E-state index in [1.54, 1.807) is 4.90 Å². The van der Waals surface area contributed by atoms with Crippen molar-refractivity contribution >= 4 is 22.7 Å². The number of aryl methyl sites for hydroxylation is 2. The van der Waals surface area contributed by atoms with Gasteiger partial charge in [-0.25, -0.2) is 0 Å². The van der Waals surface area contributed by atoms with E-state index in [-0.39, 0.29) is 18.4 Å². The highest BCUT2D eigenvalue weighted by Crippen LogP contribution is 2.38. The zero-order chi connectivity index (χ0) is 19.2. The third-order valence-corrected chi connectivity index (χ3v) is 5.93. The number of benzene rings is 1. The SMILES string of the molecule is Cc1ccc2nc(C)cc(C(=O)N3CC[C@H](O)[C@@]4(CCCNC4=O)C3)c2c1. The molecule has 0 saturated carbocycles. The smallest absolute Gasteiger partial charge is 0.254 e. The van der Waals surface area contributed by atoms with Crippen LogP contribution in [0.1, 0.15) is 40.9 Å². The fourth-order valence-electron chi connectivity index (χ4n) is 4.44. The molecule has 2 aliphatic rings. The van der Waals surface area contributed by atoms with Gasteiger partial charge in [-0.3, -0.25) is 14.6 Å². The predicted octanol–water partition coefficient (Wildman–Crippen LogP) is 1.95. The Morgan fingerprint density at radius 1 is 1.33 bits per heavy atom. The fourth-order valence-corrected chi connectivity index (χ4v) is 4.44. The van der Waals surface area contributed by atoms with Gasteiger partial charge >= 0.3 is 0 Å². The van der Waals surface area contributed by atoms with Crippen LogP contribution in [0, 0.1) is 19.3 Å². The first kappa shape index (κ1) is 17.9. The molecule has 1 aromatic carbocycles. The molecule has 1 spiro atoms. The second kappa shape index (κ2) is 6.60. The van der Waals surface area contributed by atoms with Gasteiger partial charge in [0.05, 0.1) is 22.6 Å². The number of pyridine rings is 1. The van der Waals surface area contributed by atoms with Crippen molar-refractivity contribution in [2.45, 2.75) is 39.2 Å². The first-order valence-corrected chi connectivity index (χ1v) is 9.54. The Morgan fingerprint density at radius 2 is 2.15 bits per heavy atom. The summed E-state index contributed by atoms with van der Waals surface area (Å²) < 4.78 is 0. The summed E-state index contributed by atoms with van der Waals surface area (Å²) in [5.41, 5.74) is 2.38. The first-order valence-electron chi connectivity index (χ1n) is 9.54. The summed E-state index contributed by atoms with van der Waals surface area (Å²) in [6, 6.07) is 7.73. The number of carbonyl (C=O) groups excluding carboxylic acids is 2. The van der Waals surface area contributed by atoms with E-state index in [4.69, 9.17) is 0 Å². The number of hydrogen-bond donors (Lipinski definition) is 2. The van der Waals surface area contributed by atoms with Crippen molar-refractivity contribution in [3.63, 3.8) is 0 Å². The average Bonchev–Trinajstić information content (AvgIpc) is 2.65. The molecule has 2 amide bonds. The summed E-state index contributed by atoms with van der Waals surface area (Å²) in [5.74, 6) is -0.230. The van der Waals surface area contributed by atoms with Crippen molar-refractivity contribution in [1.82, 2.24) is 15.2 Å². The second-order valence-electron chi connectivity index (χ2n) is 7.88. The van der Waals surface area contributed by atoms with Crippen LogP contribution in [-0.4, -0.2) is 52.5 Å². The molecule has 0 bridgehead atoms. The van der Waals surface area contributed by atoms with E-state index >= 15 is 0 Å². The van der Waals surface area contributed by atoms with Crippen molar-refractivity contribution < 1.29 is 14.7 Å². The molecule has 1 aromatic heterocycles. The third-order valence-electron chi connectivity index (χ3n) is 5.93. The molecule has 0 unspecified atom stereocenters. The molecule has 0 radical (unpaired) electrons. The van der Waals surface area contributed by atoms with E-state index in [9.17, 15) is 14.7 Å². The van der Waals surface area contributed by atoms with Crippen molar-refractivity contribution in [2.75, 3.05) is 19.6 Å². The van der Waals surface area contributed by atoms with Gasteiger partial charge in [0.25, 0.3) is 5.91 Å². The van der Waals surface area contributed by atoms with Gasteiger partial charge in [-0.1, -0.05) is 11.6 Å². The van der Waals surface area contributed by atoms with Crippen LogP contribution in [-0.2, 0) is 4.79 Å². The van der Waals surface area contributed by atoms with E-state index in [1.807, 2.05) is 38.1 Å². The van der Waals surface area contributed by atoms with Gasteiger partial charge in [-0.15, -0.1) is 0 Å². The van der Waals surface area contributed by atoms with Gasteiger partial charge in [-0.2, -0.15) is 0 Å². The number of piperidine rings is 2. The third kappa shape index (κ3) is 2.98. The molecule has 2 aromatic rings. The molecular weight excluding hydrogens is 342 g/mol. The van der Waals surface area contributed by atoms with Crippen molar-refractivity contribution in [3.8, 4) is 0 Å². The monoisotopic (exact) mass is 367 g/mol. The van der Waals surface area contributed by atoms with Crippen LogP contribution >= 0.6 is 0 Å². The lowest BCUT2D eigenvalue weighted by atomic mass is 9.71. The number of aliphatic hydroxyl groups is 1. The molecule has 2 aliphatic heterocycles. The van der Waals surface area contributed by atoms with Crippen molar-refractivity contribution in [2.24, 2.45) is 5.41 Å². The van der Waals surface area contributed by atoms with Crippen LogP contribution in [0.2, 0.25) is 0 Å². The predicted molar refractivity (Wildman–Crippen MR) is 102 cm³/mol. The van der Waals surface area contributed by atoms with Gasteiger partial charge in [0.15, 0.2) is 0 Å². The maximum atomic E-state index is 13.4. The van der Waals surface area contributed by atoms with E-state index < -0.39 is 11.5 Å². The number of hydrogen-bond acceptors (Lipinski definition) is 4. The zero-order valence-corrected chi connectivity index (χ0v) is 15.8. The van der Waals surface area contributed by atoms with E-state index in [0.29, 0.717) is 31.5 Å². The Morgan fingerprint density at radius 3 is 2.93 bits per heavy atom.